The number of rotatable bonds is 4. The molecule has 0 aromatic carbocycles. The normalized spacial score (nSPS) is 25.7. The first-order chi connectivity index (χ1) is 7.27. The Bertz CT molecular complexity index is 320. The fourth-order valence-electron chi connectivity index (χ4n) is 2.19. The van der Waals surface area contributed by atoms with Crippen molar-refractivity contribution in [3.63, 3.8) is 0 Å². The first kappa shape index (κ1) is 10.8. The fraction of sp³-hybridized carbons (Fsp3) is 0.583. The Morgan fingerprint density at radius 3 is 3.13 bits per heavy atom. The molecule has 2 rings (SSSR count). The van der Waals surface area contributed by atoms with Crippen molar-refractivity contribution in [1.82, 2.24) is 5.32 Å². The smallest absolute Gasteiger partial charge is 0.137 e. The summed E-state index contributed by atoms with van der Waals surface area (Å²) in [6, 6.07) is 2.48. The average molecular weight is 223 g/mol. The second kappa shape index (κ2) is 4.90. The molecule has 1 N–H and O–H groups in total. The van der Waals surface area contributed by atoms with Gasteiger partial charge in [-0.25, -0.2) is 0 Å². The molecule has 1 aliphatic rings. The van der Waals surface area contributed by atoms with Gasteiger partial charge in [-0.3, -0.25) is 4.79 Å². The highest BCUT2D eigenvalue weighted by molar-refractivity contribution is 7.07. The number of Topliss-reactive ketones (excluding diaryl/α,β-unsaturated/α-hetero) is 1. The summed E-state index contributed by atoms with van der Waals surface area (Å²) in [5, 5.41) is 7.52. The Kier molecular flexibility index (Phi) is 3.54. The maximum Gasteiger partial charge on any atom is 0.137 e. The van der Waals surface area contributed by atoms with Crippen molar-refractivity contribution >= 4 is 17.1 Å². The SMILES string of the molecule is CC1NCCC1C(=O)CCc1ccsc1. The number of aryl methyl sites for hydroxylation is 1. The van der Waals surface area contributed by atoms with Crippen molar-refractivity contribution in [3.8, 4) is 0 Å². The predicted octanol–water partition coefficient (Wildman–Crippen LogP) is 2.25. The van der Waals surface area contributed by atoms with Gasteiger partial charge in [-0.1, -0.05) is 0 Å². The van der Waals surface area contributed by atoms with E-state index in [1.165, 1.54) is 5.56 Å². The van der Waals surface area contributed by atoms with Crippen molar-refractivity contribution in [2.24, 2.45) is 5.92 Å². The lowest BCUT2D eigenvalue weighted by molar-refractivity contribution is -0.122. The highest BCUT2D eigenvalue weighted by Crippen LogP contribution is 2.19. The quantitative estimate of drug-likeness (QED) is 0.848. The lowest BCUT2D eigenvalue weighted by Crippen LogP contribution is -2.28. The number of nitrogens with one attached hydrogen (secondary N) is 1. The Balaban J connectivity index is 1.82. The number of ketones is 1. The molecule has 1 aromatic rings. The molecule has 2 atom stereocenters. The molecule has 0 bridgehead atoms. The van der Waals surface area contributed by atoms with E-state index in [-0.39, 0.29) is 5.92 Å². The Morgan fingerprint density at radius 2 is 2.53 bits per heavy atom. The zero-order valence-corrected chi connectivity index (χ0v) is 9.85. The minimum absolute atomic E-state index is 0.253. The summed E-state index contributed by atoms with van der Waals surface area (Å²) >= 11 is 1.70. The minimum atomic E-state index is 0.253. The zero-order chi connectivity index (χ0) is 10.7. The van der Waals surface area contributed by atoms with Gasteiger partial charge in [0.25, 0.3) is 0 Å². The van der Waals surface area contributed by atoms with Crippen LogP contribution >= 0.6 is 11.3 Å². The van der Waals surface area contributed by atoms with E-state index in [0.717, 1.165) is 19.4 Å². The van der Waals surface area contributed by atoms with Crippen molar-refractivity contribution in [2.75, 3.05) is 6.54 Å². The molecule has 15 heavy (non-hydrogen) atoms. The van der Waals surface area contributed by atoms with E-state index in [2.05, 4.69) is 29.1 Å². The van der Waals surface area contributed by atoms with Gasteiger partial charge in [-0.2, -0.15) is 11.3 Å². The van der Waals surface area contributed by atoms with Crippen LogP contribution in [0.2, 0.25) is 0 Å². The van der Waals surface area contributed by atoms with Gasteiger partial charge < -0.3 is 5.32 Å². The van der Waals surface area contributed by atoms with E-state index in [0.29, 0.717) is 18.2 Å². The lowest BCUT2D eigenvalue weighted by atomic mass is 9.93. The highest BCUT2D eigenvalue weighted by atomic mass is 32.1. The van der Waals surface area contributed by atoms with Crippen LogP contribution < -0.4 is 5.32 Å². The third-order valence-corrected chi connectivity index (χ3v) is 3.91. The molecule has 82 valence electrons. The largest absolute Gasteiger partial charge is 0.314 e. The molecule has 2 heterocycles. The number of hydrogen-bond donors (Lipinski definition) is 1. The number of carbonyl (C=O) groups excluding carboxylic acids is 1. The molecular formula is C12H17NOS. The van der Waals surface area contributed by atoms with Gasteiger partial charge in [-0.05, 0) is 48.7 Å². The van der Waals surface area contributed by atoms with E-state index in [1.807, 2.05) is 0 Å². The second-order valence-corrected chi connectivity index (χ2v) is 5.02. The summed E-state index contributed by atoms with van der Waals surface area (Å²) in [5.41, 5.74) is 1.30. The number of hydrogen-bond acceptors (Lipinski definition) is 3. The molecule has 2 unspecified atom stereocenters. The predicted molar refractivity (Wildman–Crippen MR) is 63.2 cm³/mol. The molecule has 1 fully saturated rings. The summed E-state index contributed by atoms with van der Waals surface area (Å²) in [7, 11) is 0. The molecule has 1 aromatic heterocycles. The van der Waals surface area contributed by atoms with Crippen molar-refractivity contribution in [1.29, 1.82) is 0 Å². The Morgan fingerprint density at radius 1 is 1.67 bits per heavy atom. The van der Waals surface area contributed by atoms with Gasteiger partial charge in [0.05, 0.1) is 0 Å². The number of carbonyl (C=O) groups is 1. The maximum absolute atomic E-state index is 11.9. The third-order valence-electron chi connectivity index (χ3n) is 3.18. The van der Waals surface area contributed by atoms with Gasteiger partial charge in [-0.15, -0.1) is 0 Å². The van der Waals surface area contributed by atoms with Gasteiger partial charge >= 0.3 is 0 Å². The first-order valence-electron chi connectivity index (χ1n) is 5.54. The van der Waals surface area contributed by atoms with Gasteiger partial charge in [0.1, 0.15) is 5.78 Å². The molecule has 3 heteroatoms. The van der Waals surface area contributed by atoms with Crippen molar-refractivity contribution < 1.29 is 4.79 Å². The molecule has 0 radical (unpaired) electrons. The molecule has 1 saturated heterocycles. The molecule has 0 aliphatic carbocycles. The van der Waals surface area contributed by atoms with Crippen LogP contribution in [0.1, 0.15) is 25.3 Å². The summed E-state index contributed by atoms with van der Waals surface area (Å²) in [6.45, 7) is 3.11. The van der Waals surface area contributed by atoms with Crippen LogP contribution in [0, 0.1) is 5.92 Å². The van der Waals surface area contributed by atoms with Crippen LogP contribution in [0.25, 0.3) is 0 Å². The van der Waals surface area contributed by atoms with Crippen molar-refractivity contribution in [2.45, 2.75) is 32.2 Å². The summed E-state index contributed by atoms with van der Waals surface area (Å²) in [5.74, 6) is 0.683. The van der Waals surface area contributed by atoms with Gasteiger partial charge in [0.15, 0.2) is 0 Å². The Hall–Kier alpha value is -0.670. The van der Waals surface area contributed by atoms with Gasteiger partial charge in [0, 0.05) is 18.4 Å². The van der Waals surface area contributed by atoms with E-state index < -0.39 is 0 Å². The van der Waals surface area contributed by atoms with Crippen LogP contribution in [0.3, 0.4) is 0 Å². The number of thiophene rings is 1. The highest BCUT2D eigenvalue weighted by Gasteiger charge is 2.28. The van der Waals surface area contributed by atoms with E-state index in [1.54, 1.807) is 11.3 Å². The first-order valence-corrected chi connectivity index (χ1v) is 6.49. The summed E-state index contributed by atoms with van der Waals surface area (Å²) < 4.78 is 0. The third kappa shape index (κ3) is 2.67. The van der Waals surface area contributed by atoms with E-state index in [4.69, 9.17) is 0 Å². The fourth-order valence-corrected chi connectivity index (χ4v) is 2.89. The molecule has 1 aliphatic heterocycles. The minimum Gasteiger partial charge on any atom is -0.314 e. The van der Waals surface area contributed by atoms with Crippen molar-refractivity contribution in [3.05, 3.63) is 22.4 Å². The van der Waals surface area contributed by atoms with Crippen LogP contribution in [-0.2, 0) is 11.2 Å². The summed E-state index contributed by atoms with van der Waals surface area (Å²) in [6.07, 6.45) is 2.63. The molecule has 0 amide bonds. The maximum atomic E-state index is 11.9. The van der Waals surface area contributed by atoms with Crippen LogP contribution in [0.4, 0.5) is 0 Å². The standard InChI is InChI=1S/C12H17NOS/c1-9-11(4-6-13-9)12(14)3-2-10-5-7-15-8-10/h5,7-9,11,13H,2-4,6H2,1H3. The monoisotopic (exact) mass is 223 g/mol. The summed E-state index contributed by atoms with van der Waals surface area (Å²) in [4.78, 5) is 11.9. The van der Waals surface area contributed by atoms with E-state index >= 15 is 0 Å². The average Bonchev–Trinajstić information content (AvgIpc) is 2.84. The van der Waals surface area contributed by atoms with Crippen LogP contribution in [-0.4, -0.2) is 18.4 Å². The molecule has 0 spiro atoms. The lowest BCUT2D eigenvalue weighted by Gasteiger charge is -2.13. The Labute approximate surface area is 94.7 Å². The zero-order valence-electron chi connectivity index (χ0n) is 9.03. The molecule has 0 saturated carbocycles. The van der Waals surface area contributed by atoms with Gasteiger partial charge in [0.2, 0.25) is 0 Å². The molecule has 2 nitrogen and oxygen atoms in total. The van der Waals surface area contributed by atoms with Crippen LogP contribution in [0.5, 0.6) is 0 Å². The van der Waals surface area contributed by atoms with E-state index in [9.17, 15) is 4.79 Å². The molecular weight excluding hydrogens is 206 g/mol. The topological polar surface area (TPSA) is 29.1 Å². The van der Waals surface area contributed by atoms with Crippen LogP contribution in [0.15, 0.2) is 16.8 Å². The second-order valence-electron chi connectivity index (χ2n) is 4.24.